The number of aliphatic hydroxyl groups is 1. The number of carbonyl (C=O) groups excluding carboxylic acids is 13. The number of benzene rings is 3. The van der Waals surface area contributed by atoms with Gasteiger partial charge in [0.15, 0.2) is 5.96 Å². The summed E-state index contributed by atoms with van der Waals surface area (Å²) in [5, 5.41) is 77.1. The number of primary amides is 1. The van der Waals surface area contributed by atoms with Gasteiger partial charge in [-0.15, -0.1) is 0 Å². The molecule has 2 saturated heterocycles. The molecule has 2 bridgehead atoms. The van der Waals surface area contributed by atoms with Gasteiger partial charge in [0.2, 0.25) is 76.8 Å². The van der Waals surface area contributed by atoms with Crippen LogP contribution in [0.15, 0.2) is 97.5 Å². The lowest BCUT2D eigenvalue weighted by Gasteiger charge is -2.33. The molecule has 2 unspecified atom stereocenters. The van der Waals surface area contributed by atoms with Crippen molar-refractivity contribution in [2.45, 2.75) is 213 Å². The summed E-state index contributed by atoms with van der Waals surface area (Å²) in [5.74, 6) is -19.0. The number of amides is 13. The number of nitrogens with one attached hydrogen (secondary N) is 13. The molecule has 3 aromatic carbocycles. The Bertz CT molecular complexity index is 4260. The quantitative estimate of drug-likeness (QED) is 0.0139. The number of aliphatic hydroxyl groups excluding tert-OH is 1. The van der Waals surface area contributed by atoms with Crippen LogP contribution < -0.4 is 70.0 Å². The number of carbonyl (C=O) groups is 16. The Morgan fingerprint density at radius 1 is 0.653 bits per heavy atom. The monoisotopic (exact) mass is 1680 g/mol. The number of aliphatic carboxylic acids is 3. The second-order valence-electron chi connectivity index (χ2n) is 29.5. The van der Waals surface area contributed by atoms with E-state index in [0.29, 0.717) is 41.7 Å². The Kier molecular flexibility index (Phi) is 34.7. The summed E-state index contributed by atoms with van der Waals surface area (Å²) in [5.41, 5.74) is 10.9. The minimum absolute atomic E-state index is 0.00328. The molecule has 118 heavy (non-hydrogen) atoms. The highest BCUT2D eigenvalue weighted by atomic mass is 32.2. The minimum atomic E-state index is -2.41. The van der Waals surface area contributed by atoms with Gasteiger partial charge in [0.1, 0.15) is 72.0 Å². The zero-order valence-electron chi connectivity index (χ0n) is 65.3. The molecule has 1 saturated carbocycles. The van der Waals surface area contributed by atoms with E-state index >= 15 is 19.2 Å². The van der Waals surface area contributed by atoms with Crippen molar-refractivity contribution in [2.75, 3.05) is 31.1 Å². The first-order chi connectivity index (χ1) is 56.3. The molecule has 4 aromatic rings. The van der Waals surface area contributed by atoms with Crippen molar-refractivity contribution in [1.82, 2.24) is 78.3 Å². The summed E-state index contributed by atoms with van der Waals surface area (Å²) in [7, 11) is 0. The molecule has 4 aliphatic rings. The highest BCUT2D eigenvalue weighted by Crippen LogP contribution is 2.44. The number of fused-ring (bicyclic) bond motifs is 4. The van der Waals surface area contributed by atoms with Gasteiger partial charge in [-0.2, -0.15) is 23.5 Å². The van der Waals surface area contributed by atoms with Gasteiger partial charge < -0.3 is 105 Å². The molecule has 638 valence electrons. The van der Waals surface area contributed by atoms with Crippen LogP contribution in [0.4, 0.5) is 0 Å². The van der Waals surface area contributed by atoms with E-state index < -0.39 is 211 Å². The predicted molar refractivity (Wildman–Crippen MR) is 428 cm³/mol. The van der Waals surface area contributed by atoms with Crippen LogP contribution in [0.3, 0.4) is 0 Å². The number of aromatic amines is 1. The third kappa shape index (κ3) is 27.2. The third-order valence-electron chi connectivity index (χ3n) is 20.5. The van der Waals surface area contributed by atoms with Crippen LogP contribution in [0, 0.1) is 11.3 Å². The van der Waals surface area contributed by atoms with Crippen molar-refractivity contribution in [3.8, 4) is 0 Å². The first kappa shape index (κ1) is 91.8. The zero-order chi connectivity index (χ0) is 85.8. The van der Waals surface area contributed by atoms with Crippen LogP contribution in [0.25, 0.3) is 0 Å². The van der Waals surface area contributed by atoms with E-state index in [1.807, 2.05) is 19.1 Å². The zero-order valence-corrected chi connectivity index (χ0v) is 67.0. The smallest absolute Gasteiger partial charge is 0.309 e. The Labute approximate surface area is 688 Å². The molecular formula is C78H104N18O20S2. The number of H-pyrrole nitrogens is 1. The average molecular weight is 1680 g/mol. The number of aromatic nitrogens is 2. The molecule has 4 heterocycles. The van der Waals surface area contributed by atoms with Crippen molar-refractivity contribution < 1.29 is 97.1 Å². The highest BCUT2D eigenvalue weighted by Gasteiger charge is 2.66. The second-order valence-corrected chi connectivity index (χ2v) is 31.6. The molecular weight excluding hydrogens is 1570 g/mol. The van der Waals surface area contributed by atoms with Gasteiger partial charge in [0.05, 0.1) is 30.5 Å². The summed E-state index contributed by atoms with van der Waals surface area (Å²) < 4.78 is 0. The van der Waals surface area contributed by atoms with Gasteiger partial charge in [-0.25, -0.2) is 4.98 Å². The minimum Gasteiger partial charge on any atom is -0.481 e. The average Bonchev–Trinajstić information content (AvgIpc) is 1.57. The number of thioether (sulfide) groups is 2. The molecule has 8 rings (SSSR count). The van der Waals surface area contributed by atoms with E-state index in [2.05, 4.69) is 68.5 Å². The van der Waals surface area contributed by atoms with Gasteiger partial charge in [-0.05, 0) is 87.0 Å². The number of guanidine groups is 1. The molecule has 38 nitrogen and oxygen atoms in total. The third-order valence-corrected chi connectivity index (χ3v) is 22.7. The molecule has 13 amide bonds. The maximum absolute atomic E-state index is 15.4. The molecule has 21 N–H and O–H groups in total. The van der Waals surface area contributed by atoms with E-state index in [4.69, 9.17) is 16.9 Å². The Balaban J connectivity index is 1.13. The molecule has 3 fully saturated rings. The summed E-state index contributed by atoms with van der Waals surface area (Å²) >= 11 is 2.42. The molecule has 40 heteroatoms. The SMILES string of the molecule is CCCCCC(=O)N[C@H]1CSCc2cccc(c2)CSC[C@@H](C(=O)NC2(C(=O)N[C@@H](Cc3c[nH]cn3)C(=O)N[C@@H](Cc3ccccc3)C(=O)N[C@@H](CCCNC(=N)N)C(=O)NC(CC(=O)O)C(N)=O)C[C@H]2C(=O)O)NC(=O)[C@H](Cc2ccccc2)NC(=O)[C@H](CCC(=O)O)NC(=O)[C@H]([C@@H](C)O)NC(=O)[C@@H]2CCCN2C(=O)[C@@H]2CCCN2C1=O. The molecule has 0 spiro atoms. The summed E-state index contributed by atoms with van der Waals surface area (Å²) in [6, 6.07) is 6.33. The van der Waals surface area contributed by atoms with E-state index in [9.17, 15) is 78.0 Å². The van der Waals surface area contributed by atoms with Crippen molar-refractivity contribution in [1.29, 1.82) is 5.41 Å². The largest absolute Gasteiger partial charge is 0.481 e. The van der Waals surface area contributed by atoms with E-state index in [0.717, 1.165) is 37.1 Å². The predicted octanol–water partition coefficient (Wildman–Crippen LogP) is -2.03. The number of nitrogens with zero attached hydrogens (tertiary/aromatic N) is 3. The normalized spacial score (nSPS) is 22.8. The summed E-state index contributed by atoms with van der Waals surface area (Å²) in [4.78, 5) is 236. The van der Waals surface area contributed by atoms with Gasteiger partial charge in [-0.1, -0.05) is 105 Å². The number of hydrogen-bond donors (Lipinski definition) is 19. The number of carboxylic acid groups (broad SMARTS) is 3. The van der Waals surface area contributed by atoms with E-state index in [1.54, 1.807) is 72.8 Å². The van der Waals surface area contributed by atoms with E-state index in [-0.39, 0.29) is 93.4 Å². The first-order valence-electron chi connectivity index (χ1n) is 39.0. The van der Waals surface area contributed by atoms with Crippen molar-refractivity contribution in [3.05, 3.63) is 125 Å². The molecule has 1 aromatic heterocycles. The maximum atomic E-state index is 15.4. The number of carboxylic acids is 3. The number of imidazole rings is 1. The topological polar surface area (TPSA) is 597 Å². The van der Waals surface area contributed by atoms with Crippen molar-refractivity contribution in [2.24, 2.45) is 17.4 Å². The van der Waals surface area contributed by atoms with Crippen LogP contribution in [-0.2, 0) is 107 Å². The molecule has 1 aliphatic carbocycles. The lowest BCUT2D eigenvalue weighted by molar-refractivity contribution is -0.148. The van der Waals surface area contributed by atoms with Crippen LogP contribution in [0.5, 0.6) is 0 Å². The Morgan fingerprint density at radius 2 is 1.25 bits per heavy atom. The van der Waals surface area contributed by atoms with Gasteiger partial charge in [0, 0.05) is 80.9 Å². The van der Waals surface area contributed by atoms with Gasteiger partial charge in [-0.3, -0.25) is 82.1 Å². The number of unbranched alkanes of at least 4 members (excludes halogenated alkanes) is 2. The number of rotatable bonds is 33. The molecule has 0 radical (unpaired) electrons. The lowest BCUT2D eigenvalue weighted by Crippen LogP contribution is -2.63. The Hall–Kier alpha value is -11.7. The van der Waals surface area contributed by atoms with Crippen LogP contribution >= 0.6 is 23.5 Å². The molecule has 3 aliphatic heterocycles. The number of hydrogen-bond acceptors (Lipinski definition) is 21. The van der Waals surface area contributed by atoms with Crippen molar-refractivity contribution in [3.63, 3.8) is 0 Å². The Morgan fingerprint density at radius 3 is 1.86 bits per heavy atom. The standard InChI is InChI=1S/C78H104N18O20S2/c1-3-4-7-25-60(98)85-57-41-118-39-47-21-12-20-46(31-47)38-117-40-56(91-68(107)54(33-45-18-10-6-11-19-45)89-66(105)51(26-27-61(99)100)87-72(111)63(43(2)97)93-71(110)58-23-14-29-95(58)74(113)59-24-15-30-96(59)73(57)112)70(109)94-78(36-49(78)75(114)115)76(116)92-55(34-48-37-82-42-84-48)69(108)90-53(32-44-16-8-5-9-17-44)67(106)86-50(22-13-28-83-77(80)81)65(104)88-52(64(79)103)35-62(101)102/h5-6,8-12,16-21,31,37,42-43,49-59,63,97H,3-4,7,13-15,22-30,32-36,38-41H2,1-2H3,(H2,79,103)(H,82,84)(H,85,98)(H,86,106)(H,87,111)(H,88,104)(H,89,105)(H,90,108)(H,91,107)(H,92,116)(H,93,110)(H,94,109)(H,99,100)(H,101,102)(H,114,115)(H4,80,81,83)/t43-,49+,50+,51+,52?,53+,54+,55+,56+,57+,58+,59+,63+,78?/m1/s1. The second kappa shape index (κ2) is 44.6. The summed E-state index contributed by atoms with van der Waals surface area (Å²) in [6.45, 7) is 3.39. The van der Waals surface area contributed by atoms with E-state index in [1.165, 1.54) is 34.1 Å². The molecule has 14 atom stereocenters. The maximum Gasteiger partial charge on any atom is 0.309 e. The first-order valence-corrected chi connectivity index (χ1v) is 41.3. The van der Waals surface area contributed by atoms with Crippen LogP contribution in [0.2, 0.25) is 0 Å². The highest BCUT2D eigenvalue weighted by molar-refractivity contribution is 7.98. The lowest BCUT2D eigenvalue weighted by atomic mass is 10.0. The van der Waals surface area contributed by atoms with Gasteiger partial charge >= 0.3 is 17.9 Å². The summed E-state index contributed by atoms with van der Waals surface area (Å²) in [6.07, 6.45) is 0.102. The fourth-order valence-electron chi connectivity index (χ4n) is 14.1. The fourth-order valence-corrected chi connectivity index (χ4v) is 16.1. The van der Waals surface area contributed by atoms with Crippen LogP contribution in [-0.4, -0.2) is 250 Å². The fraction of sp³-hybridized carbons (Fsp3) is 0.513. The van der Waals surface area contributed by atoms with Crippen molar-refractivity contribution >= 4 is 124 Å². The van der Waals surface area contributed by atoms with Gasteiger partial charge in [0.25, 0.3) is 0 Å². The van der Waals surface area contributed by atoms with Crippen LogP contribution in [0.1, 0.15) is 132 Å². The number of nitrogens with two attached hydrogens (primary N) is 2.